The predicted octanol–water partition coefficient (Wildman–Crippen LogP) is 3.56. The molecule has 5 aromatic rings. The Bertz CT molecular complexity index is 1880. The quantitative estimate of drug-likeness (QED) is 0.106. The van der Waals surface area contributed by atoms with Crippen molar-refractivity contribution in [2.45, 2.75) is 51.0 Å². The summed E-state index contributed by atoms with van der Waals surface area (Å²) in [5, 5.41) is 41.1. The first-order valence-electron chi connectivity index (χ1n) is 16.1. The van der Waals surface area contributed by atoms with Crippen molar-refractivity contribution in [2.24, 2.45) is 0 Å². The number of methoxy groups -OCH3 is 2. The van der Waals surface area contributed by atoms with E-state index in [9.17, 15) is 14.4 Å². The van der Waals surface area contributed by atoms with Gasteiger partial charge in [-0.05, 0) is 42.3 Å². The zero-order chi connectivity index (χ0) is 36.3. The molecule has 5 rings (SSSR count). The number of nitrogens with zero attached hydrogens (tertiary/aromatic N) is 5. The van der Waals surface area contributed by atoms with E-state index in [0.29, 0.717) is 13.2 Å². The molecule has 0 spiro atoms. The molecule has 0 saturated heterocycles. The first-order valence-corrected chi connectivity index (χ1v) is 16.1. The minimum atomic E-state index is -2.74. The fourth-order valence-corrected chi connectivity index (χ4v) is 5.85. The van der Waals surface area contributed by atoms with E-state index in [1.54, 1.807) is 14.2 Å². The van der Waals surface area contributed by atoms with Gasteiger partial charge in [-0.25, -0.2) is 4.79 Å². The SMILES string of the molecule is COCCn1cc(CN(C)CCc2cnn(Cc3cn(CCOC)c4ccccc34)c2)c2ccccc21.O=C(O)CC(O)(CC(=O)O)C(=O)O. The van der Waals surface area contributed by atoms with Crippen LogP contribution in [0.5, 0.6) is 0 Å². The Labute approximate surface area is 289 Å². The van der Waals surface area contributed by atoms with Crippen LogP contribution in [-0.4, -0.2) is 109 Å². The van der Waals surface area contributed by atoms with Gasteiger partial charge >= 0.3 is 17.9 Å². The lowest BCUT2D eigenvalue weighted by Crippen LogP contribution is -2.42. The molecule has 268 valence electrons. The van der Waals surface area contributed by atoms with Gasteiger partial charge in [0.1, 0.15) is 0 Å². The Balaban J connectivity index is 0.000000369. The van der Waals surface area contributed by atoms with Gasteiger partial charge in [-0.15, -0.1) is 0 Å². The molecule has 3 heterocycles. The Hall–Kier alpha value is -5.02. The molecule has 0 radical (unpaired) electrons. The maximum Gasteiger partial charge on any atom is 0.336 e. The Kier molecular flexibility index (Phi) is 13.3. The summed E-state index contributed by atoms with van der Waals surface area (Å²) in [6, 6.07) is 17.2. The van der Waals surface area contributed by atoms with Crippen molar-refractivity contribution in [1.82, 2.24) is 23.8 Å². The number of fused-ring (bicyclic) bond motifs is 2. The molecule has 4 N–H and O–H groups in total. The number of carboxylic acids is 3. The van der Waals surface area contributed by atoms with E-state index in [0.717, 1.165) is 39.1 Å². The van der Waals surface area contributed by atoms with Crippen molar-refractivity contribution >= 4 is 39.7 Å². The van der Waals surface area contributed by atoms with Crippen LogP contribution in [0.15, 0.2) is 73.3 Å². The summed E-state index contributed by atoms with van der Waals surface area (Å²) >= 11 is 0. The largest absolute Gasteiger partial charge is 0.481 e. The molecule has 0 fully saturated rings. The lowest BCUT2D eigenvalue weighted by molar-refractivity contribution is -0.170. The van der Waals surface area contributed by atoms with Crippen LogP contribution in [0, 0.1) is 0 Å². The van der Waals surface area contributed by atoms with Crippen molar-refractivity contribution in [2.75, 3.05) is 41.0 Å². The molecule has 0 amide bonds. The first-order chi connectivity index (χ1) is 23.9. The maximum atomic E-state index is 10.3. The van der Waals surface area contributed by atoms with Gasteiger partial charge in [0.25, 0.3) is 0 Å². The zero-order valence-corrected chi connectivity index (χ0v) is 28.6. The van der Waals surface area contributed by atoms with Crippen LogP contribution in [0.3, 0.4) is 0 Å². The van der Waals surface area contributed by atoms with Crippen molar-refractivity contribution in [1.29, 1.82) is 0 Å². The molecule has 14 heteroatoms. The van der Waals surface area contributed by atoms with E-state index in [1.165, 1.54) is 38.5 Å². The Morgan fingerprint density at radius 1 is 0.800 bits per heavy atom. The van der Waals surface area contributed by atoms with E-state index >= 15 is 0 Å². The van der Waals surface area contributed by atoms with E-state index in [-0.39, 0.29) is 0 Å². The smallest absolute Gasteiger partial charge is 0.336 e. The van der Waals surface area contributed by atoms with Crippen LogP contribution in [0.4, 0.5) is 0 Å². The third-order valence-electron chi connectivity index (χ3n) is 8.34. The van der Waals surface area contributed by atoms with Gasteiger partial charge in [0.05, 0.1) is 38.8 Å². The van der Waals surface area contributed by atoms with Gasteiger partial charge in [0.2, 0.25) is 0 Å². The number of aliphatic hydroxyl groups is 1. The van der Waals surface area contributed by atoms with Gasteiger partial charge < -0.3 is 43.9 Å². The number of benzene rings is 2. The third-order valence-corrected chi connectivity index (χ3v) is 8.34. The number of aromatic nitrogens is 4. The number of carboxylic acid groups (broad SMARTS) is 3. The van der Waals surface area contributed by atoms with Gasteiger partial charge in [0.15, 0.2) is 5.60 Å². The van der Waals surface area contributed by atoms with Crippen molar-refractivity contribution in [3.05, 3.63) is 90.0 Å². The summed E-state index contributed by atoms with van der Waals surface area (Å²) in [5.74, 6) is -5.02. The average Bonchev–Trinajstić information content (AvgIpc) is 3.77. The summed E-state index contributed by atoms with van der Waals surface area (Å²) < 4.78 is 17.2. The van der Waals surface area contributed by atoms with Crippen molar-refractivity contribution < 1.29 is 44.3 Å². The minimum absolute atomic E-state index is 0.700. The molecule has 3 aromatic heterocycles. The second-order valence-electron chi connectivity index (χ2n) is 12.2. The normalized spacial score (nSPS) is 11.6. The molecule has 0 bridgehead atoms. The molecule has 0 aliphatic carbocycles. The van der Waals surface area contributed by atoms with E-state index in [2.05, 4.69) is 98.0 Å². The van der Waals surface area contributed by atoms with E-state index < -0.39 is 36.4 Å². The van der Waals surface area contributed by atoms with Crippen LogP contribution in [-0.2, 0) is 56.5 Å². The number of hydrogen-bond donors (Lipinski definition) is 4. The highest BCUT2D eigenvalue weighted by atomic mass is 16.5. The summed E-state index contributed by atoms with van der Waals surface area (Å²) in [5.41, 5.74) is 3.67. The highest BCUT2D eigenvalue weighted by molar-refractivity contribution is 5.88. The van der Waals surface area contributed by atoms with E-state index in [4.69, 9.17) is 29.9 Å². The molecular weight excluding hydrogens is 646 g/mol. The number of hydrogen-bond acceptors (Lipinski definition) is 8. The fraction of sp³-hybridized carbons (Fsp3) is 0.389. The second-order valence-corrected chi connectivity index (χ2v) is 12.2. The summed E-state index contributed by atoms with van der Waals surface area (Å²) in [4.78, 5) is 32.9. The summed E-state index contributed by atoms with van der Waals surface area (Å²) in [6.07, 6.45) is 7.39. The lowest BCUT2D eigenvalue weighted by Gasteiger charge is -2.18. The highest BCUT2D eigenvalue weighted by Gasteiger charge is 2.40. The van der Waals surface area contributed by atoms with Crippen molar-refractivity contribution in [3.8, 4) is 0 Å². The molecular formula is C36H45N5O9. The van der Waals surface area contributed by atoms with Gasteiger partial charge in [-0.1, -0.05) is 36.4 Å². The molecule has 0 aliphatic rings. The molecule has 14 nitrogen and oxygen atoms in total. The van der Waals surface area contributed by atoms with Crippen LogP contribution < -0.4 is 0 Å². The number of para-hydroxylation sites is 2. The molecule has 50 heavy (non-hydrogen) atoms. The number of rotatable bonds is 18. The Morgan fingerprint density at radius 3 is 1.84 bits per heavy atom. The zero-order valence-electron chi connectivity index (χ0n) is 28.6. The Morgan fingerprint density at radius 2 is 1.32 bits per heavy atom. The van der Waals surface area contributed by atoms with Crippen molar-refractivity contribution in [3.63, 3.8) is 0 Å². The number of carbonyl (C=O) groups is 3. The minimum Gasteiger partial charge on any atom is -0.481 e. The van der Waals surface area contributed by atoms with Crippen LogP contribution >= 0.6 is 0 Å². The van der Waals surface area contributed by atoms with E-state index in [1.807, 2.05) is 6.20 Å². The van der Waals surface area contributed by atoms with Crippen LogP contribution in [0.1, 0.15) is 29.5 Å². The molecule has 0 atom stereocenters. The fourth-order valence-electron chi connectivity index (χ4n) is 5.85. The monoisotopic (exact) mass is 691 g/mol. The molecule has 0 unspecified atom stereocenters. The van der Waals surface area contributed by atoms with Gasteiger partial charge in [-0.2, -0.15) is 5.10 Å². The van der Waals surface area contributed by atoms with Crippen LogP contribution in [0.2, 0.25) is 0 Å². The molecule has 0 aliphatic heterocycles. The number of likely N-dealkylation sites (N-methyl/N-ethyl adjacent to an activating group) is 1. The maximum absolute atomic E-state index is 10.3. The standard InChI is InChI=1S/C30H37N5O2.C6H8O7/c1-32(20-25-21-33(14-16-36-2)29-10-6-4-8-27(25)29)13-12-24-18-31-35(19-24)23-26-22-34(15-17-37-3)30-11-7-5-9-28(26)30;7-3(8)1-6(13,5(11)12)2-4(9)10/h4-11,18-19,21-22H,12-17,20,23H2,1-3H3;13H,1-2H2,(H,7,8)(H,9,10)(H,11,12). The second kappa shape index (κ2) is 17.6. The molecule has 0 saturated carbocycles. The van der Waals surface area contributed by atoms with Gasteiger partial charge in [0, 0.05) is 80.8 Å². The summed E-state index contributed by atoms with van der Waals surface area (Å²) in [7, 11) is 5.70. The first kappa shape index (κ1) is 37.8. The lowest BCUT2D eigenvalue weighted by atomic mass is 9.96. The topological polar surface area (TPSA) is 182 Å². The number of ether oxygens (including phenoxy) is 2. The molecule has 2 aromatic carbocycles. The van der Waals surface area contributed by atoms with Crippen LogP contribution in [0.25, 0.3) is 21.8 Å². The average molecular weight is 692 g/mol. The summed E-state index contributed by atoms with van der Waals surface area (Å²) in [6.45, 7) is 5.77. The highest BCUT2D eigenvalue weighted by Crippen LogP contribution is 2.24. The van der Waals surface area contributed by atoms with Gasteiger partial charge in [-0.3, -0.25) is 14.3 Å². The third kappa shape index (κ3) is 10.0. The number of aliphatic carboxylic acids is 3. The predicted molar refractivity (Wildman–Crippen MR) is 186 cm³/mol.